The number of hydrogen-bond donors (Lipinski definition) is 4. The molecule has 0 radical (unpaired) electrons. The molecule has 0 spiro atoms. The maximum Gasteiger partial charge on any atom is 0.0401 e. The van der Waals surface area contributed by atoms with Gasteiger partial charge in [0.05, 0.1) is 0 Å². The van der Waals surface area contributed by atoms with Gasteiger partial charge in [0.25, 0.3) is 0 Å². The van der Waals surface area contributed by atoms with E-state index in [-0.39, 0.29) is 0 Å². The zero-order valence-electron chi connectivity index (χ0n) is 16.4. The zero-order valence-corrected chi connectivity index (χ0v) is 16.4. The topological polar surface area (TPSA) is 104 Å². The minimum atomic E-state index is 0.697. The van der Waals surface area contributed by atoms with Gasteiger partial charge in [-0.15, -0.1) is 0 Å². The van der Waals surface area contributed by atoms with Crippen molar-refractivity contribution in [3.05, 3.63) is 84.9 Å². The Kier molecular flexibility index (Phi) is 4.00. The van der Waals surface area contributed by atoms with Crippen LogP contribution in [0.1, 0.15) is 0 Å². The quantitative estimate of drug-likeness (QED) is 0.231. The Labute approximate surface area is 174 Å². The van der Waals surface area contributed by atoms with Crippen LogP contribution in [0.4, 0.5) is 22.7 Å². The molecule has 0 fully saturated rings. The first kappa shape index (κ1) is 17.9. The van der Waals surface area contributed by atoms with Crippen LogP contribution in [0, 0.1) is 0 Å². The summed E-state index contributed by atoms with van der Waals surface area (Å²) in [6.07, 6.45) is 0. The average molecular weight is 390 g/mol. The van der Waals surface area contributed by atoms with E-state index in [0.717, 1.165) is 43.8 Å². The molecule has 0 aliphatic carbocycles. The first-order chi connectivity index (χ1) is 14.5. The van der Waals surface area contributed by atoms with Gasteiger partial charge in [-0.1, -0.05) is 48.5 Å². The minimum Gasteiger partial charge on any atom is -0.398 e. The molecule has 0 atom stereocenters. The van der Waals surface area contributed by atoms with Gasteiger partial charge in [-0.3, -0.25) is 0 Å². The summed E-state index contributed by atoms with van der Waals surface area (Å²) in [6, 6.07) is 27.8. The highest BCUT2D eigenvalue weighted by Crippen LogP contribution is 2.42. The van der Waals surface area contributed by atoms with Gasteiger partial charge in [-0.2, -0.15) is 0 Å². The fraction of sp³-hybridized carbons (Fsp3) is 0. The van der Waals surface area contributed by atoms with Crippen molar-refractivity contribution in [1.29, 1.82) is 0 Å². The summed E-state index contributed by atoms with van der Waals surface area (Å²) in [4.78, 5) is 0. The highest BCUT2D eigenvalue weighted by atomic mass is 14.6. The highest BCUT2D eigenvalue weighted by Gasteiger charge is 2.15. The lowest BCUT2D eigenvalue weighted by Crippen LogP contribution is -1.97. The molecule has 5 rings (SSSR count). The second-order valence-corrected chi connectivity index (χ2v) is 7.53. The molecule has 0 aromatic heterocycles. The molecule has 146 valence electrons. The Morgan fingerprint density at radius 3 is 1.20 bits per heavy atom. The van der Waals surface area contributed by atoms with Crippen LogP contribution in [0.3, 0.4) is 0 Å². The van der Waals surface area contributed by atoms with Gasteiger partial charge in [0, 0.05) is 45.0 Å². The van der Waals surface area contributed by atoms with Gasteiger partial charge >= 0.3 is 0 Å². The van der Waals surface area contributed by atoms with Gasteiger partial charge in [0.1, 0.15) is 0 Å². The molecule has 5 aromatic rings. The average Bonchev–Trinajstić information content (AvgIpc) is 2.74. The molecule has 0 saturated heterocycles. The van der Waals surface area contributed by atoms with E-state index in [0.29, 0.717) is 22.7 Å². The number of para-hydroxylation sites is 2. The van der Waals surface area contributed by atoms with Crippen LogP contribution in [0.15, 0.2) is 84.9 Å². The van der Waals surface area contributed by atoms with Crippen LogP contribution in [0.2, 0.25) is 0 Å². The summed E-state index contributed by atoms with van der Waals surface area (Å²) < 4.78 is 0. The smallest absolute Gasteiger partial charge is 0.0401 e. The normalized spacial score (nSPS) is 11.2. The molecule has 0 saturated carbocycles. The molecule has 8 N–H and O–H groups in total. The Morgan fingerprint density at radius 1 is 0.400 bits per heavy atom. The standard InChI is InChI=1S/C26H22N4/c27-21-7-3-1-5-17(21)25-19-13-16-10-12-24(30)26(18-6-2-4-8-22(18)28)20(16)14-15(19)9-11-23(25)29/h1-14H,27-30H2. The van der Waals surface area contributed by atoms with E-state index < -0.39 is 0 Å². The van der Waals surface area contributed by atoms with E-state index in [2.05, 4.69) is 12.1 Å². The number of fused-ring (bicyclic) bond motifs is 2. The maximum absolute atomic E-state index is 6.40. The first-order valence-electron chi connectivity index (χ1n) is 9.79. The predicted octanol–water partition coefficient (Wildman–Crippen LogP) is 5.66. The van der Waals surface area contributed by atoms with Gasteiger partial charge in [0.2, 0.25) is 0 Å². The van der Waals surface area contributed by atoms with Crippen LogP contribution < -0.4 is 22.9 Å². The van der Waals surface area contributed by atoms with Crippen molar-refractivity contribution >= 4 is 44.3 Å². The van der Waals surface area contributed by atoms with E-state index >= 15 is 0 Å². The fourth-order valence-corrected chi connectivity index (χ4v) is 4.23. The summed E-state index contributed by atoms with van der Waals surface area (Å²) >= 11 is 0. The Balaban J connectivity index is 1.88. The molecule has 0 amide bonds. The van der Waals surface area contributed by atoms with Crippen LogP contribution in [-0.4, -0.2) is 0 Å². The third-order valence-electron chi connectivity index (χ3n) is 5.68. The molecule has 0 heterocycles. The lowest BCUT2D eigenvalue weighted by Gasteiger charge is -2.16. The molecule has 5 aromatic carbocycles. The van der Waals surface area contributed by atoms with Crippen molar-refractivity contribution in [3.8, 4) is 22.3 Å². The van der Waals surface area contributed by atoms with Gasteiger partial charge in [-0.05, 0) is 57.9 Å². The molecule has 4 nitrogen and oxygen atoms in total. The van der Waals surface area contributed by atoms with Crippen LogP contribution in [-0.2, 0) is 0 Å². The molecule has 0 unspecified atom stereocenters. The number of nitrogen functional groups attached to an aromatic ring is 4. The molecule has 0 aliphatic rings. The van der Waals surface area contributed by atoms with Gasteiger partial charge < -0.3 is 22.9 Å². The SMILES string of the molecule is Nc1ccccc1-c1c(N)ccc2cc3c(-c4ccccc4N)c(N)ccc3cc12. The molecule has 30 heavy (non-hydrogen) atoms. The third kappa shape index (κ3) is 2.70. The fourth-order valence-electron chi connectivity index (χ4n) is 4.23. The lowest BCUT2D eigenvalue weighted by atomic mass is 9.90. The summed E-state index contributed by atoms with van der Waals surface area (Å²) in [5.41, 5.74) is 31.9. The van der Waals surface area contributed by atoms with Crippen molar-refractivity contribution in [2.75, 3.05) is 22.9 Å². The summed E-state index contributed by atoms with van der Waals surface area (Å²) in [6.45, 7) is 0. The van der Waals surface area contributed by atoms with E-state index in [1.165, 1.54) is 0 Å². The Hall–Kier alpha value is -4.18. The largest absolute Gasteiger partial charge is 0.398 e. The lowest BCUT2D eigenvalue weighted by molar-refractivity contribution is 1.62. The van der Waals surface area contributed by atoms with Crippen LogP contribution >= 0.6 is 0 Å². The summed E-state index contributed by atoms with van der Waals surface area (Å²) in [7, 11) is 0. The number of rotatable bonds is 2. The molecular weight excluding hydrogens is 368 g/mol. The van der Waals surface area contributed by atoms with Crippen LogP contribution in [0.25, 0.3) is 43.8 Å². The van der Waals surface area contributed by atoms with E-state index in [4.69, 9.17) is 22.9 Å². The number of nitrogens with two attached hydrogens (primary N) is 4. The minimum absolute atomic E-state index is 0.697. The maximum atomic E-state index is 6.40. The first-order valence-corrected chi connectivity index (χ1v) is 9.79. The number of hydrogen-bond acceptors (Lipinski definition) is 4. The van der Waals surface area contributed by atoms with Crippen LogP contribution in [0.5, 0.6) is 0 Å². The molecule has 0 aliphatic heterocycles. The molecule has 4 heteroatoms. The second kappa shape index (κ2) is 6.71. The predicted molar refractivity (Wildman–Crippen MR) is 130 cm³/mol. The summed E-state index contributed by atoms with van der Waals surface area (Å²) in [5, 5.41) is 4.24. The van der Waals surface area contributed by atoms with Crippen molar-refractivity contribution < 1.29 is 0 Å². The number of anilines is 4. The van der Waals surface area contributed by atoms with Gasteiger partial charge in [0.15, 0.2) is 0 Å². The van der Waals surface area contributed by atoms with E-state index in [9.17, 15) is 0 Å². The van der Waals surface area contributed by atoms with Gasteiger partial charge in [-0.25, -0.2) is 0 Å². The molecule has 0 bridgehead atoms. The second-order valence-electron chi connectivity index (χ2n) is 7.53. The van der Waals surface area contributed by atoms with Crippen molar-refractivity contribution in [1.82, 2.24) is 0 Å². The van der Waals surface area contributed by atoms with Crippen molar-refractivity contribution in [3.63, 3.8) is 0 Å². The Morgan fingerprint density at radius 2 is 0.800 bits per heavy atom. The van der Waals surface area contributed by atoms with E-state index in [1.807, 2.05) is 72.8 Å². The highest BCUT2D eigenvalue weighted by molar-refractivity contribution is 6.14. The summed E-state index contributed by atoms with van der Waals surface area (Å²) in [5.74, 6) is 0. The molecular formula is C26H22N4. The zero-order chi connectivity index (χ0) is 20.8. The third-order valence-corrected chi connectivity index (χ3v) is 5.68. The van der Waals surface area contributed by atoms with E-state index in [1.54, 1.807) is 0 Å². The van der Waals surface area contributed by atoms with Crippen molar-refractivity contribution in [2.45, 2.75) is 0 Å². The monoisotopic (exact) mass is 390 g/mol. The Bertz CT molecular complexity index is 1330. The van der Waals surface area contributed by atoms with Crippen molar-refractivity contribution in [2.24, 2.45) is 0 Å². The number of benzene rings is 5.